The highest BCUT2D eigenvalue weighted by molar-refractivity contribution is 7.82. The standard InChI is InChI=1S/C8H16O2S3/c9-8(10)7(13)3-1-2-6(12)4-5-11/h6-7,11-13H,1-5H2,(H,9,10). The molecule has 0 fully saturated rings. The summed E-state index contributed by atoms with van der Waals surface area (Å²) in [6, 6.07) is 0. The van der Waals surface area contributed by atoms with Gasteiger partial charge in [-0.1, -0.05) is 6.42 Å². The van der Waals surface area contributed by atoms with Crippen LogP contribution in [0.3, 0.4) is 0 Å². The van der Waals surface area contributed by atoms with E-state index >= 15 is 0 Å². The van der Waals surface area contributed by atoms with E-state index in [0.717, 1.165) is 25.0 Å². The zero-order valence-corrected chi connectivity index (χ0v) is 10.1. The number of hydrogen-bond donors (Lipinski definition) is 4. The van der Waals surface area contributed by atoms with Crippen molar-refractivity contribution in [3.8, 4) is 0 Å². The fraction of sp³-hybridized carbons (Fsp3) is 0.875. The average molecular weight is 240 g/mol. The summed E-state index contributed by atoms with van der Waals surface area (Å²) in [5.74, 6) is -0.00884. The zero-order chi connectivity index (χ0) is 10.3. The van der Waals surface area contributed by atoms with E-state index in [1.165, 1.54) is 0 Å². The lowest BCUT2D eigenvalue weighted by molar-refractivity contribution is -0.136. The first kappa shape index (κ1) is 13.5. The molecule has 0 aliphatic carbocycles. The van der Waals surface area contributed by atoms with Gasteiger partial charge in [0.2, 0.25) is 0 Å². The van der Waals surface area contributed by atoms with Crippen LogP contribution < -0.4 is 0 Å². The van der Waals surface area contributed by atoms with Crippen molar-refractivity contribution < 1.29 is 9.90 Å². The highest BCUT2D eigenvalue weighted by Crippen LogP contribution is 2.14. The van der Waals surface area contributed by atoms with E-state index in [4.69, 9.17) is 5.11 Å². The summed E-state index contributed by atoms with van der Waals surface area (Å²) in [5.41, 5.74) is 0. The molecule has 0 spiro atoms. The van der Waals surface area contributed by atoms with Crippen LogP contribution in [0.15, 0.2) is 0 Å². The van der Waals surface area contributed by atoms with Crippen molar-refractivity contribution in [2.75, 3.05) is 5.75 Å². The molecule has 78 valence electrons. The van der Waals surface area contributed by atoms with E-state index in [2.05, 4.69) is 37.9 Å². The van der Waals surface area contributed by atoms with Crippen LogP contribution in [0.25, 0.3) is 0 Å². The first-order valence-corrected chi connectivity index (χ1v) is 5.94. The maximum absolute atomic E-state index is 10.4. The second-order valence-corrected chi connectivity index (χ2v) is 4.75. The molecule has 5 heteroatoms. The summed E-state index contributed by atoms with van der Waals surface area (Å²) >= 11 is 12.4. The molecule has 0 heterocycles. The summed E-state index contributed by atoms with van der Waals surface area (Å²) in [7, 11) is 0. The van der Waals surface area contributed by atoms with E-state index < -0.39 is 11.2 Å². The third-order valence-corrected chi connectivity index (χ3v) is 3.02. The molecule has 0 aromatic heterocycles. The van der Waals surface area contributed by atoms with Gasteiger partial charge in [0, 0.05) is 5.25 Å². The Labute approximate surface area is 95.7 Å². The Bertz CT molecular complexity index is 152. The first-order valence-electron chi connectivity index (χ1n) is 4.27. The fourth-order valence-electron chi connectivity index (χ4n) is 0.964. The van der Waals surface area contributed by atoms with Crippen molar-refractivity contribution in [2.24, 2.45) is 0 Å². The largest absolute Gasteiger partial charge is 0.480 e. The molecular formula is C8H16O2S3. The monoisotopic (exact) mass is 240 g/mol. The van der Waals surface area contributed by atoms with Crippen LogP contribution in [-0.2, 0) is 4.79 Å². The minimum absolute atomic E-state index is 0.340. The lowest BCUT2D eigenvalue weighted by Gasteiger charge is -2.09. The van der Waals surface area contributed by atoms with Crippen LogP contribution in [0, 0.1) is 0 Å². The molecule has 2 unspecified atom stereocenters. The van der Waals surface area contributed by atoms with E-state index in [1.807, 2.05) is 0 Å². The van der Waals surface area contributed by atoms with Gasteiger partial charge in [0.15, 0.2) is 0 Å². The number of hydrogen-bond acceptors (Lipinski definition) is 4. The third-order valence-electron chi connectivity index (χ3n) is 1.76. The second kappa shape index (κ2) is 7.88. The summed E-state index contributed by atoms with van der Waals surface area (Å²) in [6.45, 7) is 0. The SMILES string of the molecule is O=C(O)C(S)CCCC(S)CCS. The predicted octanol–water partition coefficient (Wildman–Crippen LogP) is 2.16. The Balaban J connectivity index is 3.39. The van der Waals surface area contributed by atoms with Crippen LogP contribution in [0.1, 0.15) is 25.7 Å². The van der Waals surface area contributed by atoms with Gasteiger partial charge in [-0.2, -0.15) is 37.9 Å². The molecule has 1 N–H and O–H groups in total. The number of aliphatic carboxylic acids is 1. The molecule has 0 aromatic carbocycles. The van der Waals surface area contributed by atoms with Crippen molar-refractivity contribution in [1.29, 1.82) is 0 Å². The molecule has 0 amide bonds. The van der Waals surface area contributed by atoms with Gasteiger partial charge in [-0.3, -0.25) is 4.79 Å². The van der Waals surface area contributed by atoms with Crippen LogP contribution in [0.2, 0.25) is 0 Å². The number of carboxylic acids is 1. The highest BCUT2D eigenvalue weighted by Gasteiger charge is 2.11. The number of rotatable bonds is 7. The van der Waals surface area contributed by atoms with Crippen molar-refractivity contribution in [1.82, 2.24) is 0 Å². The lowest BCUT2D eigenvalue weighted by atomic mass is 10.1. The Morgan fingerprint density at radius 1 is 1.23 bits per heavy atom. The molecule has 0 aliphatic heterocycles. The molecule has 0 aromatic rings. The van der Waals surface area contributed by atoms with E-state index in [9.17, 15) is 4.79 Å². The van der Waals surface area contributed by atoms with Gasteiger partial charge in [-0.25, -0.2) is 0 Å². The normalized spacial score (nSPS) is 15.3. The van der Waals surface area contributed by atoms with Crippen LogP contribution in [0.4, 0.5) is 0 Å². The van der Waals surface area contributed by atoms with E-state index in [1.54, 1.807) is 0 Å². The quantitative estimate of drug-likeness (QED) is 0.515. The molecule has 0 aliphatic rings. The van der Waals surface area contributed by atoms with Gasteiger partial charge in [0.1, 0.15) is 0 Å². The Kier molecular flexibility index (Phi) is 8.20. The van der Waals surface area contributed by atoms with Crippen molar-refractivity contribution in [3.05, 3.63) is 0 Å². The topological polar surface area (TPSA) is 37.3 Å². The molecule has 0 radical (unpaired) electrons. The summed E-state index contributed by atoms with van der Waals surface area (Å²) < 4.78 is 0. The molecule has 2 atom stereocenters. The molecule has 2 nitrogen and oxygen atoms in total. The van der Waals surface area contributed by atoms with Crippen molar-refractivity contribution in [2.45, 2.75) is 36.2 Å². The van der Waals surface area contributed by atoms with Crippen molar-refractivity contribution >= 4 is 43.9 Å². The van der Waals surface area contributed by atoms with Crippen molar-refractivity contribution in [3.63, 3.8) is 0 Å². The summed E-state index contributed by atoms with van der Waals surface area (Å²) in [5, 5.41) is 8.35. The fourth-order valence-corrected chi connectivity index (χ4v) is 1.97. The maximum Gasteiger partial charge on any atom is 0.316 e. The predicted molar refractivity (Wildman–Crippen MR) is 65.5 cm³/mol. The van der Waals surface area contributed by atoms with E-state index in [0.29, 0.717) is 11.7 Å². The molecule has 0 bridgehead atoms. The van der Waals surface area contributed by atoms with Gasteiger partial charge >= 0.3 is 5.97 Å². The maximum atomic E-state index is 10.4. The van der Waals surface area contributed by atoms with Gasteiger partial charge < -0.3 is 5.11 Å². The van der Waals surface area contributed by atoms with Gasteiger partial charge in [-0.15, -0.1) is 0 Å². The molecule has 0 saturated carbocycles. The summed E-state index contributed by atoms with van der Waals surface area (Å²) in [4.78, 5) is 10.4. The lowest BCUT2D eigenvalue weighted by Crippen LogP contribution is -2.13. The van der Waals surface area contributed by atoms with Gasteiger partial charge in [0.25, 0.3) is 0 Å². The van der Waals surface area contributed by atoms with Crippen LogP contribution >= 0.6 is 37.9 Å². The zero-order valence-electron chi connectivity index (χ0n) is 7.39. The van der Waals surface area contributed by atoms with E-state index in [-0.39, 0.29) is 0 Å². The number of carboxylic acid groups (broad SMARTS) is 1. The Morgan fingerprint density at radius 2 is 1.85 bits per heavy atom. The molecule has 0 rings (SSSR count). The van der Waals surface area contributed by atoms with Crippen LogP contribution in [-0.4, -0.2) is 27.3 Å². The van der Waals surface area contributed by atoms with Crippen LogP contribution in [0.5, 0.6) is 0 Å². The Hall–Kier alpha value is 0.520. The average Bonchev–Trinajstić information content (AvgIpc) is 2.04. The minimum atomic E-state index is -0.840. The third kappa shape index (κ3) is 7.58. The summed E-state index contributed by atoms with van der Waals surface area (Å²) in [6.07, 6.45) is 3.38. The number of carbonyl (C=O) groups is 1. The molecule has 13 heavy (non-hydrogen) atoms. The highest BCUT2D eigenvalue weighted by atomic mass is 32.1. The first-order chi connectivity index (χ1) is 6.07. The van der Waals surface area contributed by atoms with Gasteiger partial charge in [0.05, 0.1) is 5.25 Å². The molecule has 0 saturated heterocycles. The second-order valence-electron chi connectivity index (χ2n) is 2.95. The number of thiol groups is 3. The van der Waals surface area contributed by atoms with Gasteiger partial charge in [-0.05, 0) is 25.0 Å². The minimum Gasteiger partial charge on any atom is -0.480 e. The Morgan fingerprint density at radius 3 is 2.31 bits per heavy atom. The molecular weight excluding hydrogens is 224 g/mol. The smallest absolute Gasteiger partial charge is 0.316 e.